The summed E-state index contributed by atoms with van der Waals surface area (Å²) in [6.45, 7) is 2.93. The molecule has 140 valence electrons. The number of piperazine rings is 1. The van der Waals surface area contributed by atoms with E-state index in [1.165, 1.54) is 0 Å². The van der Waals surface area contributed by atoms with Crippen LogP contribution in [-0.4, -0.2) is 46.5 Å². The number of nitrogens with zero attached hydrogens (tertiary/aromatic N) is 3. The van der Waals surface area contributed by atoms with E-state index in [0.717, 1.165) is 24.2 Å². The summed E-state index contributed by atoms with van der Waals surface area (Å²) < 4.78 is 5.45. The van der Waals surface area contributed by atoms with Crippen molar-refractivity contribution >= 4 is 41.6 Å². The number of hydrogen-bond acceptors (Lipinski definition) is 6. The van der Waals surface area contributed by atoms with Crippen LogP contribution in [0.5, 0.6) is 0 Å². The molecule has 1 aliphatic heterocycles. The first-order valence-electron chi connectivity index (χ1n) is 7.94. The van der Waals surface area contributed by atoms with Gasteiger partial charge in [0.05, 0.1) is 0 Å². The fourth-order valence-corrected chi connectivity index (χ4v) is 2.87. The zero-order chi connectivity index (χ0) is 17.6. The fraction of sp³-hybridized carbons (Fsp3) is 0.353. The Morgan fingerprint density at radius 2 is 1.81 bits per heavy atom. The Labute approximate surface area is 168 Å². The van der Waals surface area contributed by atoms with E-state index in [0.29, 0.717) is 23.4 Å². The van der Waals surface area contributed by atoms with Gasteiger partial charge in [-0.25, -0.2) is 9.97 Å². The van der Waals surface area contributed by atoms with Gasteiger partial charge in [-0.3, -0.25) is 9.69 Å². The first-order valence-corrected chi connectivity index (χ1v) is 8.69. The molecule has 1 aliphatic rings. The van der Waals surface area contributed by atoms with Gasteiger partial charge in [0.1, 0.15) is 23.0 Å². The maximum absolute atomic E-state index is 12.5. The highest BCUT2D eigenvalue weighted by atomic mass is 35.5. The molecule has 9 heteroatoms. The van der Waals surface area contributed by atoms with E-state index in [1.807, 2.05) is 6.07 Å². The third-order valence-electron chi connectivity index (χ3n) is 3.97. The molecule has 0 aromatic carbocycles. The second-order valence-electron chi connectivity index (χ2n) is 5.78. The van der Waals surface area contributed by atoms with Crippen molar-refractivity contribution in [2.75, 3.05) is 19.6 Å². The summed E-state index contributed by atoms with van der Waals surface area (Å²) in [4.78, 5) is 22.7. The average Bonchev–Trinajstić information content (AvgIpc) is 2.63. The molecule has 0 radical (unpaired) electrons. The van der Waals surface area contributed by atoms with E-state index in [-0.39, 0.29) is 31.0 Å². The molecular weight excluding hydrogens is 399 g/mol. The number of nitrogens with one attached hydrogen (secondary N) is 1. The van der Waals surface area contributed by atoms with Crippen LogP contribution in [0, 0.1) is 0 Å². The smallest absolute Gasteiger partial charge is 0.325 e. The lowest BCUT2D eigenvalue weighted by Gasteiger charge is -2.34. The molecule has 6 nitrogen and oxygen atoms in total. The Morgan fingerprint density at radius 3 is 2.42 bits per heavy atom. The van der Waals surface area contributed by atoms with Crippen molar-refractivity contribution in [2.24, 2.45) is 0 Å². The largest absolute Gasteiger partial charge is 0.460 e. The van der Waals surface area contributed by atoms with Crippen molar-refractivity contribution in [1.29, 1.82) is 0 Å². The highest BCUT2D eigenvalue weighted by Crippen LogP contribution is 2.14. The molecule has 1 N–H and O–H groups in total. The predicted octanol–water partition coefficient (Wildman–Crippen LogP) is 2.72. The van der Waals surface area contributed by atoms with Crippen molar-refractivity contribution in [3.05, 3.63) is 58.1 Å². The molecule has 0 bridgehead atoms. The van der Waals surface area contributed by atoms with Gasteiger partial charge < -0.3 is 10.1 Å². The van der Waals surface area contributed by atoms with Gasteiger partial charge in [-0.1, -0.05) is 35.3 Å². The number of carbonyl (C=O) groups excluding carboxylic acids is 1. The molecule has 1 atom stereocenters. The van der Waals surface area contributed by atoms with Crippen LogP contribution in [0.2, 0.25) is 10.3 Å². The van der Waals surface area contributed by atoms with Crippen LogP contribution in [0.1, 0.15) is 11.1 Å². The summed E-state index contributed by atoms with van der Waals surface area (Å²) in [5.41, 5.74) is 1.81. The Bertz CT molecular complexity index is 713. The van der Waals surface area contributed by atoms with E-state index in [2.05, 4.69) is 20.2 Å². The van der Waals surface area contributed by atoms with Gasteiger partial charge in [-0.2, -0.15) is 0 Å². The number of aromatic nitrogens is 2. The van der Waals surface area contributed by atoms with Gasteiger partial charge in [0.15, 0.2) is 0 Å². The Hall–Kier alpha value is -1.44. The minimum absolute atomic E-state index is 0. The van der Waals surface area contributed by atoms with Crippen molar-refractivity contribution in [2.45, 2.75) is 19.2 Å². The predicted molar refractivity (Wildman–Crippen MR) is 103 cm³/mol. The summed E-state index contributed by atoms with van der Waals surface area (Å²) in [7, 11) is 0. The van der Waals surface area contributed by atoms with Crippen LogP contribution in [0.15, 0.2) is 36.7 Å². The second-order valence-corrected chi connectivity index (χ2v) is 6.55. The summed E-state index contributed by atoms with van der Waals surface area (Å²) in [5.74, 6) is -0.260. The summed E-state index contributed by atoms with van der Waals surface area (Å²) >= 11 is 11.6. The van der Waals surface area contributed by atoms with Crippen molar-refractivity contribution in [1.82, 2.24) is 20.2 Å². The van der Waals surface area contributed by atoms with E-state index < -0.39 is 0 Å². The quantitative estimate of drug-likeness (QED) is 0.596. The number of ether oxygens (including phenoxy) is 1. The molecule has 3 heterocycles. The van der Waals surface area contributed by atoms with Gasteiger partial charge in [-0.15, -0.1) is 12.4 Å². The van der Waals surface area contributed by atoms with Crippen molar-refractivity contribution in [3.8, 4) is 0 Å². The first-order chi connectivity index (χ1) is 12.1. The summed E-state index contributed by atoms with van der Waals surface area (Å²) in [5, 5.41) is 4.10. The second kappa shape index (κ2) is 10.0. The molecule has 1 saturated heterocycles. The molecule has 1 fully saturated rings. The van der Waals surface area contributed by atoms with Crippen molar-refractivity contribution in [3.63, 3.8) is 0 Å². The molecule has 0 amide bonds. The average molecular weight is 418 g/mol. The van der Waals surface area contributed by atoms with Crippen LogP contribution in [0.4, 0.5) is 0 Å². The van der Waals surface area contributed by atoms with Crippen LogP contribution in [-0.2, 0) is 22.7 Å². The number of pyridine rings is 2. The number of halogens is 3. The molecule has 2 aromatic heterocycles. The third kappa shape index (κ3) is 5.79. The van der Waals surface area contributed by atoms with E-state index in [9.17, 15) is 4.79 Å². The lowest BCUT2D eigenvalue weighted by atomic mass is 10.1. The number of esters is 1. The summed E-state index contributed by atoms with van der Waals surface area (Å²) in [6, 6.07) is 6.79. The van der Waals surface area contributed by atoms with Crippen LogP contribution < -0.4 is 5.32 Å². The Kier molecular flexibility index (Phi) is 8.06. The molecule has 26 heavy (non-hydrogen) atoms. The Balaban J connectivity index is 0.00000243. The van der Waals surface area contributed by atoms with Crippen LogP contribution in [0.3, 0.4) is 0 Å². The highest BCUT2D eigenvalue weighted by molar-refractivity contribution is 6.29. The van der Waals surface area contributed by atoms with E-state index >= 15 is 0 Å². The number of carbonyl (C=O) groups is 1. The minimum Gasteiger partial charge on any atom is -0.460 e. The van der Waals surface area contributed by atoms with Gasteiger partial charge in [-0.05, 0) is 17.7 Å². The molecule has 3 rings (SSSR count). The summed E-state index contributed by atoms with van der Waals surface area (Å²) in [6.07, 6.45) is 3.33. The fourth-order valence-electron chi connectivity index (χ4n) is 2.65. The topological polar surface area (TPSA) is 67.3 Å². The maximum Gasteiger partial charge on any atom is 0.325 e. The monoisotopic (exact) mass is 416 g/mol. The highest BCUT2D eigenvalue weighted by Gasteiger charge is 2.30. The molecule has 2 aromatic rings. The molecule has 1 unspecified atom stereocenters. The van der Waals surface area contributed by atoms with Crippen LogP contribution >= 0.6 is 35.6 Å². The SMILES string of the molecule is Cl.O=C(OCc1ccc(Cl)nc1)C1CNCCN1Cc1ccc(Cl)nc1. The molecule has 0 spiro atoms. The maximum atomic E-state index is 12.5. The van der Waals surface area contributed by atoms with Gasteiger partial charge >= 0.3 is 5.97 Å². The van der Waals surface area contributed by atoms with Gasteiger partial charge in [0, 0.05) is 44.1 Å². The third-order valence-corrected chi connectivity index (χ3v) is 4.42. The zero-order valence-corrected chi connectivity index (χ0v) is 16.2. The lowest BCUT2D eigenvalue weighted by molar-refractivity contribution is -0.152. The molecule has 0 aliphatic carbocycles. The van der Waals surface area contributed by atoms with Gasteiger partial charge in [0.2, 0.25) is 0 Å². The molecule has 0 saturated carbocycles. The number of hydrogen-bond donors (Lipinski definition) is 1. The first kappa shape index (κ1) is 20.9. The zero-order valence-electron chi connectivity index (χ0n) is 13.9. The lowest BCUT2D eigenvalue weighted by Crippen LogP contribution is -2.54. The standard InChI is InChI=1S/C17H18Cl2N4O2.ClH/c18-15-3-1-12(7-21-15)10-23-6-5-20-9-14(23)17(24)25-11-13-2-4-16(19)22-8-13;/h1-4,7-8,14,20H,5-6,9-11H2;1H. The van der Waals surface area contributed by atoms with Gasteiger partial charge in [0.25, 0.3) is 0 Å². The van der Waals surface area contributed by atoms with E-state index in [1.54, 1.807) is 30.6 Å². The minimum atomic E-state index is -0.343. The number of rotatable bonds is 5. The normalized spacial score (nSPS) is 17.4. The molecular formula is C17H19Cl3N4O2. The van der Waals surface area contributed by atoms with E-state index in [4.69, 9.17) is 27.9 Å². The van der Waals surface area contributed by atoms with Crippen molar-refractivity contribution < 1.29 is 9.53 Å². The Morgan fingerprint density at radius 1 is 1.15 bits per heavy atom. The van der Waals surface area contributed by atoms with Crippen LogP contribution in [0.25, 0.3) is 0 Å².